The van der Waals surface area contributed by atoms with Crippen LogP contribution in [0.3, 0.4) is 0 Å². The number of aromatic amines is 2. The highest BCUT2D eigenvalue weighted by Crippen LogP contribution is 2.41. The molecule has 1 saturated carbocycles. The van der Waals surface area contributed by atoms with Crippen molar-refractivity contribution in [2.24, 2.45) is 0 Å². The van der Waals surface area contributed by atoms with Crippen molar-refractivity contribution in [3.05, 3.63) is 58.9 Å². The number of nitrogens with zero attached hydrogens (tertiary/aromatic N) is 2. The third kappa shape index (κ3) is 3.16. The lowest BCUT2D eigenvalue weighted by molar-refractivity contribution is 1.10. The molecular formula is C21H24N4. The van der Waals surface area contributed by atoms with E-state index in [0.29, 0.717) is 0 Å². The van der Waals surface area contributed by atoms with Crippen molar-refractivity contribution in [3.8, 4) is 0 Å². The first-order chi connectivity index (χ1) is 12.2. The molecule has 5 rings (SSSR count). The molecule has 0 unspecified atom stereocenters. The zero-order valence-electron chi connectivity index (χ0n) is 15.1. The summed E-state index contributed by atoms with van der Waals surface area (Å²) < 4.78 is 0. The number of hydrogen-bond acceptors (Lipinski definition) is 2. The Balaban J connectivity index is 0.000000126. The van der Waals surface area contributed by atoms with E-state index in [2.05, 4.69) is 65.4 Å². The summed E-state index contributed by atoms with van der Waals surface area (Å²) in [6.07, 6.45) is 7.58. The van der Waals surface area contributed by atoms with Gasteiger partial charge in [0.1, 0.15) is 0 Å². The Morgan fingerprint density at radius 2 is 1.48 bits per heavy atom. The van der Waals surface area contributed by atoms with Gasteiger partial charge < -0.3 is 0 Å². The maximum Gasteiger partial charge on any atom is 0.0655 e. The van der Waals surface area contributed by atoms with Crippen molar-refractivity contribution in [2.75, 3.05) is 0 Å². The molecule has 4 heteroatoms. The van der Waals surface area contributed by atoms with Crippen molar-refractivity contribution in [1.82, 2.24) is 20.4 Å². The summed E-state index contributed by atoms with van der Waals surface area (Å²) in [6, 6.07) is 8.93. The summed E-state index contributed by atoms with van der Waals surface area (Å²) >= 11 is 0. The summed E-state index contributed by atoms with van der Waals surface area (Å²) in [5, 5.41) is 16.6. The molecule has 2 aromatic carbocycles. The van der Waals surface area contributed by atoms with E-state index in [4.69, 9.17) is 0 Å². The van der Waals surface area contributed by atoms with E-state index < -0.39 is 0 Å². The van der Waals surface area contributed by atoms with E-state index in [-0.39, 0.29) is 0 Å². The second kappa shape index (κ2) is 6.36. The zero-order valence-corrected chi connectivity index (χ0v) is 15.1. The first-order valence-corrected chi connectivity index (χ1v) is 9.02. The van der Waals surface area contributed by atoms with Crippen molar-refractivity contribution in [1.29, 1.82) is 0 Å². The monoisotopic (exact) mass is 332 g/mol. The van der Waals surface area contributed by atoms with Gasteiger partial charge in [-0.15, -0.1) is 0 Å². The summed E-state index contributed by atoms with van der Waals surface area (Å²) in [5.41, 5.74) is 7.82. The number of H-pyrrole nitrogens is 2. The van der Waals surface area contributed by atoms with Crippen LogP contribution in [0.5, 0.6) is 0 Å². The van der Waals surface area contributed by atoms with E-state index >= 15 is 0 Å². The molecule has 1 fully saturated rings. The average molecular weight is 332 g/mol. The van der Waals surface area contributed by atoms with Crippen molar-refractivity contribution in [2.45, 2.75) is 46.0 Å². The van der Waals surface area contributed by atoms with Crippen LogP contribution in [-0.2, 0) is 6.42 Å². The van der Waals surface area contributed by atoms with Crippen LogP contribution >= 0.6 is 0 Å². The highest BCUT2D eigenvalue weighted by Gasteiger charge is 2.24. The molecule has 0 atom stereocenters. The molecule has 1 aliphatic carbocycles. The molecule has 0 spiro atoms. The molecule has 25 heavy (non-hydrogen) atoms. The van der Waals surface area contributed by atoms with Crippen molar-refractivity contribution in [3.63, 3.8) is 0 Å². The Morgan fingerprint density at radius 3 is 2.08 bits per heavy atom. The molecule has 0 bridgehead atoms. The fraction of sp³-hybridized carbons (Fsp3) is 0.333. The van der Waals surface area contributed by atoms with E-state index in [1.54, 1.807) is 0 Å². The number of aryl methyl sites for hydroxylation is 3. The van der Waals surface area contributed by atoms with E-state index in [0.717, 1.165) is 17.9 Å². The van der Waals surface area contributed by atoms with Crippen LogP contribution in [-0.4, -0.2) is 20.4 Å². The standard InChI is InChI=1S/C11H12N2.C10H12N2/c1-7-4-9(8-2-3-8)5-11-10(7)6-12-13-11;1-3-8-4-7(2)9-6-11-12-10(9)5-8/h4-6,8H,2-3H2,1H3,(H,12,13);4-6H,3H2,1-2H3,(H,11,12). The molecule has 2 heterocycles. The molecule has 2 aromatic heterocycles. The Kier molecular flexibility index (Phi) is 4.04. The lowest BCUT2D eigenvalue weighted by Gasteiger charge is -2.01. The number of aromatic nitrogens is 4. The van der Waals surface area contributed by atoms with Crippen molar-refractivity contribution >= 4 is 21.8 Å². The van der Waals surface area contributed by atoms with Gasteiger partial charge in [-0.3, -0.25) is 10.2 Å². The third-order valence-corrected chi connectivity index (χ3v) is 5.07. The van der Waals surface area contributed by atoms with Gasteiger partial charge in [-0.2, -0.15) is 10.2 Å². The number of nitrogens with one attached hydrogen (secondary N) is 2. The first kappa shape index (κ1) is 15.9. The Labute approximate surface area is 147 Å². The van der Waals surface area contributed by atoms with Gasteiger partial charge in [0.2, 0.25) is 0 Å². The average Bonchev–Trinajstić information content (AvgIpc) is 3.15. The number of benzene rings is 2. The number of hydrogen-bond donors (Lipinski definition) is 2. The molecule has 0 aliphatic heterocycles. The third-order valence-electron chi connectivity index (χ3n) is 5.07. The molecule has 2 N–H and O–H groups in total. The van der Waals surface area contributed by atoms with Gasteiger partial charge in [0.05, 0.1) is 23.4 Å². The molecule has 4 nitrogen and oxygen atoms in total. The SMILES string of the molecule is CCc1cc(C)c2cn[nH]c2c1.Cc1cc(C2CC2)cc2[nH]ncc12. The van der Waals surface area contributed by atoms with Crippen molar-refractivity contribution < 1.29 is 0 Å². The summed E-state index contributed by atoms with van der Waals surface area (Å²) in [6.45, 7) is 6.44. The zero-order chi connectivity index (χ0) is 17.4. The summed E-state index contributed by atoms with van der Waals surface area (Å²) in [4.78, 5) is 0. The van der Waals surface area contributed by atoms with Crippen LogP contribution in [0.1, 0.15) is 47.9 Å². The molecule has 4 aromatic rings. The van der Waals surface area contributed by atoms with Gasteiger partial charge >= 0.3 is 0 Å². The van der Waals surface area contributed by atoms with Gasteiger partial charge in [-0.05, 0) is 73.4 Å². The molecular weight excluding hydrogens is 308 g/mol. The van der Waals surface area contributed by atoms with Crippen LogP contribution in [0.25, 0.3) is 21.8 Å². The summed E-state index contributed by atoms with van der Waals surface area (Å²) in [7, 11) is 0. The van der Waals surface area contributed by atoms with Gasteiger partial charge in [-0.25, -0.2) is 0 Å². The highest BCUT2D eigenvalue weighted by atomic mass is 15.1. The van der Waals surface area contributed by atoms with Crippen LogP contribution in [0.15, 0.2) is 36.7 Å². The lowest BCUT2D eigenvalue weighted by atomic mass is 10.0. The lowest BCUT2D eigenvalue weighted by Crippen LogP contribution is -1.82. The van der Waals surface area contributed by atoms with Crippen LogP contribution < -0.4 is 0 Å². The summed E-state index contributed by atoms with van der Waals surface area (Å²) in [5.74, 6) is 0.825. The Morgan fingerprint density at radius 1 is 0.880 bits per heavy atom. The van der Waals surface area contributed by atoms with Gasteiger partial charge in [-0.1, -0.05) is 19.1 Å². The predicted molar refractivity (Wildman–Crippen MR) is 103 cm³/mol. The largest absolute Gasteiger partial charge is 0.278 e. The second-order valence-electron chi connectivity index (χ2n) is 7.04. The first-order valence-electron chi connectivity index (χ1n) is 9.02. The number of fused-ring (bicyclic) bond motifs is 2. The minimum Gasteiger partial charge on any atom is -0.278 e. The van der Waals surface area contributed by atoms with Gasteiger partial charge in [0.25, 0.3) is 0 Å². The highest BCUT2D eigenvalue weighted by molar-refractivity contribution is 5.83. The fourth-order valence-corrected chi connectivity index (χ4v) is 3.42. The van der Waals surface area contributed by atoms with Crippen LogP contribution in [0, 0.1) is 13.8 Å². The molecule has 0 amide bonds. The Hall–Kier alpha value is -2.62. The normalized spacial score (nSPS) is 13.9. The maximum atomic E-state index is 4.06. The maximum absolute atomic E-state index is 4.06. The Bertz CT molecular complexity index is 1020. The molecule has 0 saturated heterocycles. The van der Waals surface area contributed by atoms with Gasteiger partial charge in [0, 0.05) is 10.8 Å². The minimum absolute atomic E-state index is 0.825. The smallest absolute Gasteiger partial charge is 0.0655 e. The van der Waals surface area contributed by atoms with E-state index in [1.807, 2.05) is 12.4 Å². The molecule has 1 aliphatic rings. The van der Waals surface area contributed by atoms with Crippen LogP contribution in [0.2, 0.25) is 0 Å². The van der Waals surface area contributed by atoms with E-state index in [9.17, 15) is 0 Å². The topological polar surface area (TPSA) is 57.4 Å². The van der Waals surface area contributed by atoms with Gasteiger partial charge in [0.15, 0.2) is 0 Å². The quantitative estimate of drug-likeness (QED) is 0.531. The van der Waals surface area contributed by atoms with E-state index in [1.165, 1.54) is 51.4 Å². The van der Waals surface area contributed by atoms with Crippen LogP contribution in [0.4, 0.5) is 0 Å². The molecule has 128 valence electrons. The fourth-order valence-electron chi connectivity index (χ4n) is 3.42. The molecule has 0 radical (unpaired) electrons. The predicted octanol–water partition coefficient (Wildman–Crippen LogP) is 5.18. The second-order valence-corrected chi connectivity index (χ2v) is 7.04. The number of rotatable bonds is 2. The minimum atomic E-state index is 0.825.